The van der Waals surface area contributed by atoms with Crippen LogP contribution in [0.5, 0.6) is 0 Å². The lowest BCUT2D eigenvalue weighted by Gasteiger charge is -2.01. The van der Waals surface area contributed by atoms with Gasteiger partial charge in [0.2, 0.25) is 0 Å². The first-order chi connectivity index (χ1) is 5.83. The van der Waals surface area contributed by atoms with Crippen molar-refractivity contribution in [3.8, 4) is 0 Å². The van der Waals surface area contributed by atoms with Gasteiger partial charge in [-0.25, -0.2) is 4.79 Å². The van der Waals surface area contributed by atoms with Crippen LogP contribution in [0.1, 0.15) is 5.56 Å². The zero-order valence-electron chi connectivity index (χ0n) is 6.49. The summed E-state index contributed by atoms with van der Waals surface area (Å²) in [7, 11) is 2.97. The average molecular weight is 165 g/mol. The van der Waals surface area contributed by atoms with Gasteiger partial charge in [0.1, 0.15) is 7.11 Å². The molecule has 0 aliphatic carbocycles. The quantitative estimate of drug-likeness (QED) is 0.713. The second kappa shape index (κ2) is 4.33. The van der Waals surface area contributed by atoms with E-state index in [4.69, 9.17) is 0 Å². The van der Waals surface area contributed by atoms with Gasteiger partial charge in [-0.2, -0.15) is 0 Å². The summed E-state index contributed by atoms with van der Waals surface area (Å²) in [5.74, 6) is 0. The molecule has 0 bridgehead atoms. The topological polar surface area (TPSA) is 51.2 Å². The number of carbonyl (C=O) groups excluding carboxylic acids is 1. The van der Waals surface area contributed by atoms with Crippen LogP contribution in [-0.4, -0.2) is 11.1 Å². The van der Waals surface area contributed by atoms with E-state index >= 15 is 0 Å². The van der Waals surface area contributed by atoms with Crippen molar-refractivity contribution in [1.82, 2.24) is 10.3 Å². The molecule has 1 amide bonds. The summed E-state index contributed by atoms with van der Waals surface area (Å²) in [6.45, 7) is 0.427. The van der Waals surface area contributed by atoms with Crippen molar-refractivity contribution in [2.24, 2.45) is 0 Å². The molecule has 0 fully saturated rings. The number of nitrogens with one attached hydrogen (secondary N) is 1. The highest BCUT2D eigenvalue weighted by molar-refractivity contribution is 5.67. The van der Waals surface area contributed by atoms with Gasteiger partial charge in [-0.05, 0) is 17.7 Å². The zero-order valence-corrected chi connectivity index (χ0v) is 6.49. The largest absolute Gasteiger partial charge is 0.446 e. The molecule has 0 spiro atoms. The van der Waals surface area contributed by atoms with Crippen molar-refractivity contribution in [2.45, 2.75) is 6.54 Å². The molecule has 12 heavy (non-hydrogen) atoms. The summed E-state index contributed by atoms with van der Waals surface area (Å²) >= 11 is 0. The number of carbonyl (C=O) groups is 1. The van der Waals surface area contributed by atoms with E-state index in [9.17, 15) is 4.79 Å². The Hall–Kier alpha value is -1.58. The van der Waals surface area contributed by atoms with E-state index in [2.05, 4.69) is 22.1 Å². The van der Waals surface area contributed by atoms with Crippen LogP contribution in [0.3, 0.4) is 0 Å². The van der Waals surface area contributed by atoms with Crippen molar-refractivity contribution in [3.63, 3.8) is 0 Å². The third-order valence-corrected chi connectivity index (χ3v) is 1.32. The standard InChI is InChI=1S/C8H9N2O2/c1-12-8(11)10-6-7-2-4-9-5-3-7/h2-5H,1,6H2,(H,10,11). The summed E-state index contributed by atoms with van der Waals surface area (Å²) in [5, 5.41) is 2.50. The van der Waals surface area contributed by atoms with Crippen molar-refractivity contribution >= 4 is 6.09 Å². The molecule has 0 atom stereocenters. The Morgan fingerprint density at radius 2 is 2.25 bits per heavy atom. The highest BCUT2D eigenvalue weighted by Crippen LogP contribution is 1.94. The van der Waals surface area contributed by atoms with E-state index in [0.717, 1.165) is 5.56 Å². The Balaban J connectivity index is 2.38. The molecule has 0 aliphatic rings. The smallest absolute Gasteiger partial charge is 0.407 e. The number of pyridine rings is 1. The van der Waals surface area contributed by atoms with Crippen LogP contribution in [0.25, 0.3) is 0 Å². The number of amides is 1. The molecule has 0 saturated heterocycles. The van der Waals surface area contributed by atoms with Gasteiger partial charge in [-0.15, -0.1) is 0 Å². The number of aromatic nitrogens is 1. The van der Waals surface area contributed by atoms with Crippen LogP contribution in [0, 0.1) is 7.11 Å². The minimum atomic E-state index is -0.535. The Morgan fingerprint density at radius 1 is 1.58 bits per heavy atom. The fraction of sp³-hybridized carbons (Fsp3) is 0.125. The molecule has 1 aromatic rings. The zero-order chi connectivity index (χ0) is 8.81. The molecular formula is C8H9N2O2. The molecule has 0 aliphatic heterocycles. The lowest BCUT2D eigenvalue weighted by Crippen LogP contribution is -2.21. The number of ether oxygens (including phenoxy) is 1. The predicted octanol–water partition coefficient (Wildman–Crippen LogP) is 1.10. The number of nitrogens with zero attached hydrogens (tertiary/aromatic N) is 1. The monoisotopic (exact) mass is 165 g/mol. The van der Waals surface area contributed by atoms with Gasteiger partial charge in [-0.1, -0.05) is 0 Å². The van der Waals surface area contributed by atoms with Gasteiger partial charge in [-0.3, -0.25) is 4.98 Å². The number of rotatable bonds is 2. The van der Waals surface area contributed by atoms with Gasteiger partial charge >= 0.3 is 6.09 Å². The average Bonchev–Trinajstić information content (AvgIpc) is 2.16. The Labute approximate surface area is 70.6 Å². The third-order valence-electron chi connectivity index (χ3n) is 1.32. The first kappa shape index (κ1) is 8.52. The molecule has 1 heterocycles. The highest BCUT2D eigenvalue weighted by Gasteiger charge is 1.97. The molecule has 63 valence electrons. The van der Waals surface area contributed by atoms with Crippen LogP contribution < -0.4 is 5.32 Å². The molecule has 1 radical (unpaired) electrons. The summed E-state index contributed by atoms with van der Waals surface area (Å²) in [5.41, 5.74) is 0.968. The van der Waals surface area contributed by atoms with Crippen LogP contribution in [0.4, 0.5) is 4.79 Å². The Bertz CT molecular complexity index is 248. The normalized spacial score (nSPS) is 9.08. The van der Waals surface area contributed by atoms with Crippen LogP contribution in [-0.2, 0) is 11.3 Å². The minimum Gasteiger partial charge on any atom is -0.446 e. The van der Waals surface area contributed by atoms with E-state index < -0.39 is 6.09 Å². The first-order valence-electron chi connectivity index (χ1n) is 3.41. The molecule has 0 aromatic carbocycles. The molecule has 1 aromatic heterocycles. The summed E-state index contributed by atoms with van der Waals surface area (Å²) in [6, 6.07) is 3.62. The Morgan fingerprint density at radius 3 is 2.83 bits per heavy atom. The van der Waals surface area contributed by atoms with Crippen molar-refractivity contribution in [2.75, 3.05) is 0 Å². The molecule has 4 nitrogen and oxygen atoms in total. The second-order valence-corrected chi connectivity index (χ2v) is 2.14. The number of hydrogen-bond donors (Lipinski definition) is 1. The maximum atomic E-state index is 10.6. The maximum absolute atomic E-state index is 10.6. The van der Waals surface area contributed by atoms with E-state index in [1.54, 1.807) is 12.4 Å². The maximum Gasteiger partial charge on any atom is 0.407 e. The lowest BCUT2D eigenvalue weighted by atomic mass is 10.3. The van der Waals surface area contributed by atoms with Crippen molar-refractivity contribution in [3.05, 3.63) is 37.2 Å². The third kappa shape index (κ3) is 2.57. The Kier molecular flexibility index (Phi) is 3.07. The van der Waals surface area contributed by atoms with Crippen LogP contribution >= 0.6 is 0 Å². The lowest BCUT2D eigenvalue weighted by molar-refractivity contribution is 0.183. The summed E-state index contributed by atoms with van der Waals surface area (Å²) in [6.07, 6.45) is 2.78. The molecule has 4 heteroatoms. The molecule has 0 saturated carbocycles. The molecule has 1 N–H and O–H groups in total. The van der Waals surface area contributed by atoms with Gasteiger partial charge in [0, 0.05) is 18.9 Å². The van der Waals surface area contributed by atoms with Crippen molar-refractivity contribution in [1.29, 1.82) is 0 Å². The summed E-state index contributed by atoms with van der Waals surface area (Å²) in [4.78, 5) is 14.4. The van der Waals surface area contributed by atoms with Gasteiger partial charge in [0.05, 0.1) is 0 Å². The molecule has 1 rings (SSSR count). The van der Waals surface area contributed by atoms with E-state index in [1.807, 2.05) is 12.1 Å². The predicted molar refractivity (Wildman–Crippen MR) is 42.9 cm³/mol. The molecule has 0 unspecified atom stereocenters. The van der Waals surface area contributed by atoms with Crippen molar-refractivity contribution < 1.29 is 9.53 Å². The number of hydrogen-bond acceptors (Lipinski definition) is 3. The second-order valence-electron chi connectivity index (χ2n) is 2.14. The van der Waals surface area contributed by atoms with E-state index in [-0.39, 0.29) is 0 Å². The molecular weight excluding hydrogens is 156 g/mol. The van der Waals surface area contributed by atoms with Gasteiger partial charge in [0.15, 0.2) is 0 Å². The summed E-state index contributed by atoms with van der Waals surface area (Å²) < 4.78 is 4.16. The van der Waals surface area contributed by atoms with Gasteiger partial charge in [0.25, 0.3) is 0 Å². The van der Waals surface area contributed by atoms with Crippen LogP contribution in [0.15, 0.2) is 24.5 Å². The van der Waals surface area contributed by atoms with E-state index in [1.165, 1.54) is 0 Å². The fourth-order valence-electron chi connectivity index (χ4n) is 0.726. The van der Waals surface area contributed by atoms with E-state index in [0.29, 0.717) is 6.54 Å². The SMILES string of the molecule is [CH2]OC(=O)NCc1ccncc1. The van der Waals surface area contributed by atoms with Crippen LogP contribution in [0.2, 0.25) is 0 Å². The number of alkyl carbamates (subject to hydrolysis) is 1. The minimum absolute atomic E-state index is 0.427. The highest BCUT2D eigenvalue weighted by atomic mass is 16.5. The first-order valence-corrected chi connectivity index (χ1v) is 3.41. The fourth-order valence-corrected chi connectivity index (χ4v) is 0.726. The van der Waals surface area contributed by atoms with Gasteiger partial charge < -0.3 is 10.1 Å².